The molecule has 1 rings (SSSR count). The molecule has 8 heteroatoms. The summed E-state index contributed by atoms with van der Waals surface area (Å²) in [5.41, 5.74) is -0.330. The average Bonchev–Trinajstić information content (AvgIpc) is 2.44. The first kappa shape index (κ1) is 17.4. The van der Waals surface area contributed by atoms with E-state index in [-0.39, 0.29) is 5.69 Å². The van der Waals surface area contributed by atoms with Crippen molar-refractivity contribution < 1.29 is 22.8 Å². The van der Waals surface area contributed by atoms with Crippen LogP contribution in [0.3, 0.4) is 0 Å². The van der Waals surface area contributed by atoms with Crippen molar-refractivity contribution in [2.45, 2.75) is 18.6 Å². The Morgan fingerprint density at radius 3 is 2.29 bits per heavy atom. The van der Waals surface area contributed by atoms with Crippen molar-refractivity contribution in [3.05, 3.63) is 29.6 Å². The van der Waals surface area contributed by atoms with E-state index in [2.05, 4.69) is 5.32 Å². The minimum atomic E-state index is -1.64. The SMILES string of the molecule is CS[C@@H](C)CCNC(=O)C(=O)Nc1cc(F)c(F)c(F)c1. The molecule has 0 aromatic heterocycles. The van der Waals surface area contributed by atoms with Crippen LogP contribution in [0.5, 0.6) is 0 Å². The normalized spacial score (nSPS) is 11.9. The van der Waals surface area contributed by atoms with Gasteiger partial charge in [0.15, 0.2) is 17.5 Å². The minimum absolute atomic E-state index is 0.306. The van der Waals surface area contributed by atoms with E-state index in [1.807, 2.05) is 18.5 Å². The van der Waals surface area contributed by atoms with Gasteiger partial charge < -0.3 is 10.6 Å². The zero-order valence-electron chi connectivity index (χ0n) is 11.5. The summed E-state index contributed by atoms with van der Waals surface area (Å²) in [6.07, 6.45) is 2.61. The fourth-order valence-electron chi connectivity index (χ4n) is 1.40. The first-order chi connectivity index (χ1) is 9.85. The van der Waals surface area contributed by atoms with Crippen LogP contribution in [-0.2, 0) is 9.59 Å². The second-order valence-electron chi connectivity index (χ2n) is 4.30. The summed E-state index contributed by atoms with van der Waals surface area (Å²) < 4.78 is 38.6. The number of hydrogen-bond donors (Lipinski definition) is 2. The minimum Gasteiger partial charge on any atom is -0.348 e. The smallest absolute Gasteiger partial charge is 0.313 e. The lowest BCUT2D eigenvalue weighted by atomic mass is 10.2. The van der Waals surface area contributed by atoms with Crippen molar-refractivity contribution in [2.24, 2.45) is 0 Å². The Hall–Kier alpha value is -1.70. The molecular weight excluding hydrogens is 305 g/mol. The second kappa shape index (κ2) is 7.92. The number of carbonyl (C=O) groups excluding carboxylic acids is 2. The number of anilines is 1. The fourth-order valence-corrected chi connectivity index (χ4v) is 1.76. The molecule has 0 saturated carbocycles. The van der Waals surface area contributed by atoms with E-state index >= 15 is 0 Å². The lowest BCUT2D eigenvalue weighted by molar-refractivity contribution is -0.136. The van der Waals surface area contributed by atoms with Crippen LogP contribution >= 0.6 is 11.8 Å². The van der Waals surface area contributed by atoms with E-state index < -0.39 is 29.3 Å². The molecule has 1 aromatic rings. The first-order valence-corrected chi connectivity index (χ1v) is 7.40. The number of hydrogen-bond acceptors (Lipinski definition) is 3. The van der Waals surface area contributed by atoms with Gasteiger partial charge in [0.05, 0.1) is 0 Å². The van der Waals surface area contributed by atoms with E-state index in [1.165, 1.54) is 0 Å². The van der Waals surface area contributed by atoms with Crippen LogP contribution < -0.4 is 10.6 Å². The molecule has 0 bridgehead atoms. The van der Waals surface area contributed by atoms with Crippen LogP contribution in [0.2, 0.25) is 0 Å². The van der Waals surface area contributed by atoms with Gasteiger partial charge in [-0.15, -0.1) is 0 Å². The van der Waals surface area contributed by atoms with E-state index in [0.29, 0.717) is 30.3 Å². The van der Waals surface area contributed by atoms with E-state index in [1.54, 1.807) is 11.8 Å². The summed E-state index contributed by atoms with van der Waals surface area (Å²) in [4.78, 5) is 23.0. The van der Waals surface area contributed by atoms with Gasteiger partial charge in [-0.25, -0.2) is 13.2 Å². The quantitative estimate of drug-likeness (QED) is 0.646. The molecular formula is C13H15F3N2O2S. The van der Waals surface area contributed by atoms with Crippen molar-refractivity contribution in [3.8, 4) is 0 Å². The lowest BCUT2D eigenvalue weighted by Crippen LogP contribution is -2.36. The molecule has 1 atom stereocenters. The number of benzene rings is 1. The average molecular weight is 320 g/mol. The lowest BCUT2D eigenvalue weighted by Gasteiger charge is -2.09. The number of nitrogens with one attached hydrogen (secondary N) is 2. The highest BCUT2D eigenvalue weighted by molar-refractivity contribution is 7.99. The third kappa shape index (κ3) is 5.30. The number of carbonyl (C=O) groups is 2. The Balaban J connectivity index is 2.55. The third-order valence-corrected chi connectivity index (χ3v) is 3.73. The molecule has 4 nitrogen and oxygen atoms in total. The fraction of sp³-hybridized carbons (Fsp3) is 0.385. The molecule has 2 N–H and O–H groups in total. The molecule has 0 aliphatic carbocycles. The largest absolute Gasteiger partial charge is 0.348 e. The summed E-state index contributed by atoms with van der Waals surface area (Å²) >= 11 is 1.62. The number of thioether (sulfide) groups is 1. The molecule has 0 radical (unpaired) electrons. The van der Waals surface area contributed by atoms with Crippen molar-refractivity contribution in [1.29, 1.82) is 0 Å². The van der Waals surface area contributed by atoms with Crippen molar-refractivity contribution in [1.82, 2.24) is 5.32 Å². The highest BCUT2D eigenvalue weighted by atomic mass is 32.2. The molecule has 116 valence electrons. The van der Waals surface area contributed by atoms with Gasteiger partial charge >= 0.3 is 11.8 Å². The van der Waals surface area contributed by atoms with Gasteiger partial charge in [0.1, 0.15) is 0 Å². The highest BCUT2D eigenvalue weighted by Crippen LogP contribution is 2.17. The van der Waals surface area contributed by atoms with Gasteiger partial charge in [0.2, 0.25) is 0 Å². The molecule has 0 aliphatic rings. The summed E-state index contributed by atoms with van der Waals surface area (Å²) in [6.45, 7) is 2.28. The number of halogens is 3. The highest BCUT2D eigenvalue weighted by Gasteiger charge is 2.16. The van der Waals surface area contributed by atoms with Crippen LogP contribution in [0, 0.1) is 17.5 Å². The topological polar surface area (TPSA) is 58.2 Å². The molecule has 21 heavy (non-hydrogen) atoms. The maximum Gasteiger partial charge on any atom is 0.313 e. The summed E-state index contributed by atoms with van der Waals surface area (Å²) in [7, 11) is 0. The second-order valence-corrected chi connectivity index (χ2v) is 5.58. The monoisotopic (exact) mass is 320 g/mol. The van der Waals surface area contributed by atoms with Gasteiger partial charge in [0.25, 0.3) is 0 Å². The van der Waals surface area contributed by atoms with Crippen LogP contribution in [0.1, 0.15) is 13.3 Å². The molecule has 0 heterocycles. The summed E-state index contributed by atoms with van der Waals surface area (Å²) in [5, 5.41) is 4.71. The number of rotatable bonds is 5. The Bertz CT molecular complexity index is 517. The Morgan fingerprint density at radius 1 is 1.19 bits per heavy atom. The van der Waals surface area contributed by atoms with E-state index in [9.17, 15) is 22.8 Å². The Labute approximate surface area is 124 Å². The predicted molar refractivity (Wildman–Crippen MR) is 75.5 cm³/mol. The number of amides is 2. The summed E-state index contributed by atoms with van der Waals surface area (Å²) in [6, 6.07) is 1.19. The van der Waals surface area contributed by atoms with Crippen LogP contribution in [0.25, 0.3) is 0 Å². The van der Waals surface area contributed by atoms with Crippen molar-refractivity contribution in [3.63, 3.8) is 0 Å². The maximum atomic E-state index is 13.0. The van der Waals surface area contributed by atoms with Gasteiger partial charge in [-0.2, -0.15) is 11.8 Å². The summed E-state index contributed by atoms with van der Waals surface area (Å²) in [5.74, 6) is -6.52. The molecule has 0 spiro atoms. The molecule has 1 aromatic carbocycles. The van der Waals surface area contributed by atoms with E-state index in [4.69, 9.17) is 0 Å². The Morgan fingerprint density at radius 2 is 1.76 bits per heavy atom. The van der Waals surface area contributed by atoms with Gasteiger partial charge in [0, 0.05) is 29.6 Å². The maximum absolute atomic E-state index is 13.0. The van der Waals surface area contributed by atoms with E-state index in [0.717, 1.165) is 0 Å². The predicted octanol–water partition coefficient (Wildman–Crippen LogP) is 2.30. The zero-order valence-corrected chi connectivity index (χ0v) is 12.3. The third-order valence-electron chi connectivity index (χ3n) is 2.69. The molecule has 0 saturated heterocycles. The molecule has 0 aliphatic heterocycles. The van der Waals surface area contributed by atoms with Crippen molar-refractivity contribution >= 4 is 29.3 Å². The van der Waals surface area contributed by atoms with Crippen LogP contribution in [0.4, 0.5) is 18.9 Å². The van der Waals surface area contributed by atoms with Crippen LogP contribution in [0.15, 0.2) is 12.1 Å². The molecule has 0 fully saturated rings. The Kier molecular flexibility index (Phi) is 6.54. The standard InChI is InChI=1S/C13H15F3N2O2S/c1-7(21-2)3-4-17-12(19)13(20)18-8-5-9(14)11(16)10(15)6-8/h5-7H,3-4H2,1-2H3,(H,17,19)(H,18,20)/t7-/m0/s1. The molecule has 2 amide bonds. The first-order valence-electron chi connectivity index (χ1n) is 6.11. The zero-order chi connectivity index (χ0) is 16.0. The molecule has 0 unspecified atom stereocenters. The van der Waals surface area contributed by atoms with Gasteiger partial charge in [-0.1, -0.05) is 6.92 Å². The van der Waals surface area contributed by atoms with Gasteiger partial charge in [-0.05, 0) is 12.7 Å². The van der Waals surface area contributed by atoms with Crippen LogP contribution in [-0.4, -0.2) is 29.9 Å². The van der Waals surface area contributed by atoms with Gasteiger partial charge in [-0.3, -0.25) is 9.59 Å². The van der Waals surface area contributed by atoms with Crippen molar-refractivity contribution in [2.75, 3.05) is 18.1 Å².